The number of hydrogen-bond donors (Lipinski definition) is 0. The summed E-state index contributed by atoms with van der Waals surface area (Å²) in [5, 5.41) is 0. The standard InChI is InChI=1S/C21H28N2O2S.2ClH.Zn/c1-4-6-12-24-19-15-21(26-17-10-8-16(3)9-11-17)20(14-18(19)23-22)25-13-7-5-2;;;/h8-11,15H,4-7,12-14H2,1-3H3;2*1H;/q;;;+2/p-2. The molecule has 1 aromatic rings. The van der Waals surface area contributed by atoms with Crippen molar-refractivity contribution in [3.63, 3.8) is 0 Å². The van der Waals surface area contributed by atoms with Gasteiger partial charge in [-0.05, 0) is 31.9 Å². The van der Waals surface area contributed by atoms with Crippen LogP contribution in [0.5, 0.6) is 0 Å². The van der Waals surface area contributed by atoms with Gasteiger partial charge >= 0.3 is 25.2 Å². The Balaban J connectivity index is 0. The minimum Gasteiger partial charge on any atom is -1.00 e. The second kappa shape index (κ2) is 17.0. The third-order valence-electron chi connectivity index (χ3n) is 4.05. The van der Waals surface area contributed by atoms with Crippen LogP contribution < -0.4 is 24.8 Å². The van der Waals surface area contributed by atoms with Crippen LogP contribution in [0, 0.1) is 6.92 Å². The molecule has 4 nitrogen and oxygen atoms in total. The van der Waals surface area contributed by atoms with Crippen LogP contribution in [0.1, 0.15) is 51.5 Å². The van der Waals surface area contributed by atoms with E-state index in [4.69, 9.17) is 9.47 Å². The molecule has 0 spiro atoms. The number of halogens is 2. The predicted molar refractivity (Wildman–Crippen MR) is 107 cm³/mol. The fourth-order valence-electron chi connectivity index (χ4n) is 2.43. The predicted octanol–water partition coefficient (Wildman–Crippen LogP) is -0.104. The molecule has 0 fully saturated rings. The molecule has 0 bridgehead atoms. The van der Waals surface area contributed by atoms with Crippen LogP contribution in [-0.4, -0.2) is 23.7 Å². The Morgan fingerprint density at radius 2 is 1.59 bits per heavy atom. The number of ether oxygens (including phenoxy) is 2. The van der Waals surface area contributed by atoms with E-state index in [1.807, 2.05) is 6.08 Å². The first-order valence-electron chi connectivity index (χ1n) is 9.34. The maximum absolute atomic E-state index is 9.40. The molecule has 0 heterocycles. The van der Waals surface area contributed by atoms with E-state index < -0.39 is 0 Å². The number of benzene rings is 1. The van der Waals surface area contributed by atoms with Crippen molar-refractivity contribution in [1.29, 1.82) is 0 Å². The minimum atomic E-state index is 0. The fraction of sp³-hybridized carbons (Fsp3) is 0.476. The molecule has 0 radical (unpaired) electrons. The van der Waals surface area contributed by atoms with E-state index >= 15 is 0 Å². The zero-order valence-corrected chi connectivity index (χ0v) is 22.7. The van der Waals surface area contributed by atoms with Crippen molar-refractivity contribution >= 4 is 17.5 Å². The normalized spacial score (nSPS) is 12.7. The van der Waals surface area contributed by atoms with E-state index in [0.29, 0.717) is 31.1 Å². The molecule has 29 heavy (non-hydrogen) atoms. The molecule has 0 N–H and O–H groups in total. The molecule has 0 atom stereocenters. The van der Waals surface area contributed by atoms with Crippen molar-refractivity contribution in [2.45, 2.75) is 57.8 Å². The van der Waals surface area contributed by atoms with E-state index in [-0.39, 0.29) is 44.3 Å². The quantitative estimate of drug-likeness (QED) is 0.192. The van der Waals surface area contributed by atoms with Crippen LogP contribution in [0.4, 0.5) is 0 Å². The zero-order chi connectivity index (χ0) is 18.8. The second-order valence-corrected chi connectivity index (χ2v) is 7.45. The Morgan fingerprint density at radius 3 is 2.14 bits per heavy atom. The molecule has 0 aromatic heterocycles. The molecule has 0 unspecified atom stereocenters. The number of hydrogen-bond acceptors (Lipinski definition) is 3. The van der Waals surface area contributed by atoms with Crippen molar-refractivity contribution < 1.29 is 58.6 Å². The molecule has 0 aliphatic heterocycles. The fourth-order valence-corrected chi connectivity index (χ4v) is 3.36. The molecule has 2 rings (SSSR count). The van der Waals surface area contributed by atoms with Gasteiger partial charge in [0.05, 0.1) is 18.1 Å². The monoisotopic (exact) mass is 506 g/mol. The van der Waals surface area contributed by atoms with Crippen molar-refractivity contribution in [2.75, 3.05) is 13.2 Å². The molecule has 1 aliphatic carbocycles. The number of unbranched alkanes of at least 4 members (excludes halogenated alkanes) is 2. The van der Waals surface area contributed by atoms with Crippen LogP contribution in [0.2, 0.25) is 0 Å². The second-order valence-electron chi connectivity index (χ2n) is 6.34. The smallest absolute Gasteiger partial charge is 1.00 e. The van der Waals surface area contributed by atoms with Gasteiger partial charge in [0.25, 0.3) is 0 Å². The minimum absolute atomic E-state index is 0. The largest absolute Gasteiger partial charge is 2.00 e. The summed E-state index contributed by atoms with van der Waals surface area (Å²) in [4.78, 5) is 5.61. The molecular weight excluding hydrogens is 481 g/mol. The Bertz CT molecular complexity index is 718. The van der Waals surface area contributed by atoms with Crippen molar-refractivity contribution in [1.82, 2.24) is 0 Å². The number of nitrogens with zero attached hydrogens (tertiary/aromatic N) is 2. The number of thioether (sulfide) groups is 1. The summed E-state index contributed by atoms with van der Waals surface area (Å²) in [6, 6.07) is 8.42. The summed E-state index contributed by atoms with van der Waals surface area (Å²) in [6.07, 6.45) is 6.51. The van der Waals surface area contributed by atoms with E-state index in [1.165, 1.54) is 5.56 Å². The van der Waals surface area contributed by atoms with E-state index in [0.717, 1.165) is 41.2 Å². The first-order chi connectivity index (χ1) is 12.7. The maximum Gasteiger partial charge on any atom is 2.00 e. The number of allylic oxidation sites excluding steroid dienone is 3. The van der Waals surface area contributed by atoms with Gasteiger partial charge in [0.1, 0.15) is 12.2 Å². The van der Waals surface area contributed by atoms with E-state index in [1.54, 1.807) is 11.8 Å². The van der Waals surface area contributed by atoms with Gasteiger partial charge in [0, 0.05) is 11.0 Å². The summed E-state index contributed by atoms with van der Waals surface area (Å²) in [6.45, 7) is 7.63. The molecule has 1 aromatic carbocycles. The molecule has 0 amide bonds. The average molecular weight is 509 g/mol. The summed E-state index contributed by atoms with van der Waals surface area (Å²) in [5.41, 5.74) is 11.2. The number of aryl methyl sites for hydroxylation is 1. The Morgan fingerprint density at radius 1 is 1.00 bits per heavy atom. The van der Waals surface area contributed by atoms with Crippen LogP contribution in [0.3, 0.4) is 0 Å². The van der Waals surface area contributed by atoms with E-state index in [9.17, 15) is 5.53 Å². The van der Waals surface area contributed by atoms with Gasteiger partial charge in [0.2, 0.25) is 5.76 Å². The van der Waals surface area contributed by atoms with Gasteiger partial charge in [0.15, 0.2) is 0 Å². The molecule has 0 saturated heterocycles. The first-order valence-corrected chi connectivity index (χ1v) is 10.2. The molecule has 1 aliphatic rings. The summed E-state index contributed by atoms with van der Waals surface area (Å²) in [7, 11) is 0. The summed E-state index contributed by atoms with van der Waals surface area (Å²) < 4.78 is 11.9. The molecular formula is C21H28Cl2N2O2SZn. The van der Waals surface area contributed by atoms with Gasteiger partial charge in [-0.3, -0.25) is 0 Å². The molecule has 0 saturated carbocycles. The SMILES string of the molecule is CCCCOC1=CC(Sc2ccc(C)cc2)=C(OCCCC)CC1=[N+]=[N-].[Cl-].[Cl-].[Zn+2]. The third-order valence-corrected chi connectivity index (χ3v) is 5.12. The first kappa shape index (κ1) is 30.4. The van der Waals surface area contributed by atoms with Gasteiger partial charge < -0.3 is 39.8 Å². The Hall–Kier alpha value is -0.767. The van der Waals surface area contributed by atoms with Crippen LogP contribution >= 0.6 is 11.8 Å². The van der Waals surface area contributed by atoms with Gasteiger partial charge in [-0.1, -0.05) is 56.1 Å². The Kier molecular flexibility index (Phi) is 17.8. The van der Waals surface area contributed by atoms with Crippen molar-refractivity contribution in [3.05, 3.63) is 57.9 Å². The topological polar surface area (TPSA) is 54.9 Å². The molecule has 8 heteroatoms. The van der Waals surface area contributed by atoms with Crippen molar-refractivity contribution in [3.8, 4) is 0 Å². The average Bonchev–Trinajstić information content (AvgIpc) is 2.65. The Labute approximate surface area is 204 Å². The van der Waals surface area contributed by atoms with Crippen LogP contribution in [-0.2, 0) is 29.0 Å². The zero-order valence-electron chi connectivity index (χ0n) is 17.4. The van der Waals surface area contributed by atoms with Crippen LogP contribution in [0.15, 0.2) is 51.7 Å². The van der Waals surface area contributed by atoms with Gasteiger partial charge in [-0.2, -0.15) is 4.79 Å². The summed E-state index contributed by atoms with van der Waals surface area (Å²) in [5.74, 6) is 1.48. The number of rotatable bonds is 10. The summed E-state index contributed by atoms with van der Waals surface area (Å²) >= 11 is 1.66. The van der Waals surface area contributed by atoms with Gasteiger partial charge in [-0.25, -0.2) is 0 Å². The van der Waals surface area contributed by atoms with Crippen LogP contribution in [0.25, 0.3) is 5.53 Å². The van der Waals surface area contributed by atoms with Gasteiger partial charge in [-0.15, -0.1) is 0 Å². The third kappa shape index (κ3) is 10.2. The molecule has 156 valence electrons. The van der Waals surface area contributed by atoms with Crippen molar-refractivity contribution in [2.24, 2.45) is 0 Å². The maximum atomic E-state index is 9.40. The van der Waals surface area contributed by atoms with E-state index in [2.05, 4.69) is 49.8 Å².